The Morgan fingerprint density at radius 1 is 1.19 bits per heavy atom. The van der Waals surface area contributed by atoms with Gasteiger partial charge in [0.15, 0.2) is 6.61 Å². The number of hydrogen-bond donors (Lipinski definition) is 1. The SMILES string of the molecule is Cc1ccc(OCc2nnc(SCC(=O)Nc3cccc(Cl)c3)o2)cc1C. The maximum atomic E-state index is 12.0. The summed E-state index contributed by atoms with van der Waals surface area (Å²) in [5.41, 5.74) is 3.00. The van der Waals surface area contributed by atoms with Crippen LogP contribution in [0.3, 0.4) is 0 Å². The fraction of sp³-hybridized carbons (Fsp3) is 0.211. The van der Waals surface area contributed by atoms with Gasteiger partial charge in [0.25, 0.3) is 11.1 Å². The fourth-order valence-corrected chi connectivity index (χ4v) is 2.96. The third-order valence-electron chi connectivity index (χ3n) is 3.72. The van der Waals surface area contributed by atoms with Gasteiger partial charge in [0, 0.05) is 10.7 Å². The van der Waals surface area contributed by atoms with E-state index in [1.54, 1.807) is 24.3 Å². The van der Waals surface area contributed by atoms with Crippen molar-refractivity contribution < 1.29 is 13.9 Å². The molecular formula is C19H18ClN3O3S. The molecule has 1 heterocycles. The fourth-order valence-electron chi connectivity index (χ4n) is 2.19. The maximum Gasteiger partial charge on any atom is 0.277 e. The quantitative estimate of drug-likeness (QED) is 0.578. The third kappa shape index (κ3) is 5.74. The number of thioether (sulfide) groups is 1. The van der Waals surface area contributed by atoms with Crippen LogP contribution in [0.25, 0.3) is 0 Å². The normalized spacial score (nSPS) is 10.6. The minimum absolute atomic E-state index is 0.145. The van der Waals surface area contributed by atoms with E-state index >= 15 is 0 Å². The molecule has 0 spiro atoms. The molecule has 3 rings (SSSR count). The monoisotopic (exact) mass is 403 g/mol. The molecular weight excluding hydrogens is 386 g/mol. The molecule has 0 aliphatic carbocycles. The Bertz CT molecular complexity index is 945. The first kappa shape index (κ1) is 19.3. The van der Waals surface area contributed by atoms with Crippen LogP contribution in [0.1, 0.15) is 17.0 Å². The molecule has 0 atom stereocenters. The lowest BCUT2D eigenvalue weighted by Crippen LogP contribution is -2.13. The van der Waals surface area contributed by atoms with Crippen molar-refractivity contribution in [3.8, 4) is 5.75 Å². The zero-order valence-corrected chi connectivity index (χ0v) is 16.4. The number of nitrogens with one attached hydrogen (secondary N) is 1. The number of carbonyl (C=O) groups excluding carboxylic acids is 1. The number of hydrogen-bond acceptors (Lipinski definition) is 6. The predicted octanol–water partition coefficient (Wildman–Crippen LogP) is 4.65. The molecule has 0 saturated carbocycles. The van der Waals surface area contributed by atoms with Gasteiger partial charge in [-0.3, -0.25) is 4.79 Å². The molecule has 6 nitrogen and oxygen atoms in total. The zero-order chi connectivity index (χ0) is 19.2. The number of rotatable bonds is 7. The van der Waals surface area contributed by atoms with Crippen LogP contribution < -0.4 is 10.1 Å². The molecule has 0 aliphatic rings. The summed E-state index contributed by atoms with van der Waals surface area (Å²) in [5.74, 6) is 1.05. The molecule has 1 aromatic heterocycles. The van der Waals surface area contributed by atoms with Gasteiger partial charge in [-0.25, -0.2) is 0 Å². The smallest absolute Gasteiger partial charge is 0.277 e. The van der Waals surface area contributed by atoms with Gasteiger partial charge in [-0.05, 0) is 55.3 Å². The molecule has 0 aliphatic heterocycles. The van der Waals surface area contributed by atoms with Gasteiger partial charge >= 0.3 is 0 Å². The molecule has 27 heavy (non-hydrogen) atoms. The van der Waals surface area contributed by atoms with E-state index in [1.807, 2.05) is 32.0 Å². The number of ether oxygens (including phenoxy) is 1. The summed E-state index contributed by atoms with van der Waals surface area (Å²) in [7, 11) is 0. The van der Waals surface area contributed by atoms with Crippen molar-refractivity contribution >= 4 is 35.0 Å². The number of amides is 1. The van der Waals surface area contributed by atoms with E-state index < -0.39 is 0 Å². The topological polar surface area (TPSA) is 77.2 Å². The lowest BCUT2D eigenvalue weighted by atomic mass is 10.1. The van der Waals surface area contributed by atoms with Crippen molar-refractivity contribution in [1.82, 2.24) is 10.2 Å². The Hall–Kier alpha value is -2.51. The first-order valence-electron chi connectivity index (χ1n) is 8.20. The highest BCUT2D eigenvalue weighted by Gasteiger charge is 2.11. The van der Waals surface area contributed by atoms with Crippen LogP contribution in [0.5, 0.6) is 5.75 Å². The number of halogens is 1. The number of nitrogens with zero attached hydrogens (tertiary/aromatic N) is 2. The number of carbonyl (C=O) groups is 1. The highest BCUT2D eigenvalue weighted by Crippen LogP contribution is 2.20. The molecule has 1 amide bonds. The number of aromatic nitrogens is 2. The van der Waals surface area contributed by atoms with Crippen LogP contribution >= 0.6 is 23.4 Å². The molecule has 3 aromatic rings. The predicted molar refractivity (Wildman–Crippen MR) is 105 cm³/mol. The average molecular weight is 404 g/mol. The second kappa shape index (κ2) is 8.92. The van der Waals surface area contributed by atoms with Crippen molar-refractivity contribution in [2.45, 2.75) is 25.7 Å². The maximum absolute atomic E-state index is 12.0. The minimum atomic E-state index is -0.187. The Morgan fingerprint density at radius 3 is 2.81 bits per heavy atom. The van der Waals surface area contributed by atoms with E-state index in [-0.39, 0.29) is 18.3 Å². The van der Waals surface area contributed by atoms with Gasteiger partial charge in [-0.1, -0.05) is 35.5 Å². The van der Waals surface area contributed by atoms with E-state index in [0.717, 1.165) is 23.1 Å². The molecule has 8 heteroatoms. The van der Waals surface area contributed by atoms with Crippen molar-refractivity contribution in [2.24, 2.45) is 0 Å². The Labute approximate surface area is 166 Å². The van der Waals surface area contributed by atoms with Crippen LogP contribution in [0.4, 0.5) is 5.69 Å². The zero-order valence-electron chi connectivity index (χ0n) is 14.9. The third-order valence-corrected chi connectivity index (χ3v) is 4.78. The Morgan fingerprint density at radius 2 is 2.04 bits per heavy atom. The van der Waals surface area contributed by atoms with Gasteiger partial charge in [0.2, 0.25) is 5.91 Å². The molecule has 0 bridgehead atoms. The minimum Gasteiger partial charge on any atom is -0.484 e. The molecule has 1 N–H and O–H groups in total. The summed E-state index contributed by atoms with van der Waals surface area (Å²) < 4.78 is 11.2. The number of aryl methyl sites for hydroxylation is 2. The van der Waals surface area contributed by atoms with Gasteiger partial charge in [-0.15, -0.1) is 10.2 Å². The van der Waals surface area contributed by atoms with Crippen LogP contribution in [0.15, 0.2) is 52.1 Å². The lowest BCUT2D eigenvalue weighted by molar-refractivity contribution is -0.113. The van der Waals surface area contributed by atoms with E-state index in [2.05, 4.69) is 15.5 Å². The van der Waals surface area contributed by atoms with Crippen molar-refractivity contribution in [2.75, 3.05) is 11.1 Å². The van der Waals surface area contributed by atoms with Crippen LogP contribution in [0.2, 0.25) is 5.02 Å². The van der Waals surface area contributed by atoms with E-state index in [0.29, 0.717) is 21.8 Å². The van der Waals surface area contributed by atoms with Crippen LogP contribution in [-0.4, -0.2) is 21.9 Å². The molecule has 0 saturated heterocycles. The first-order chi connectivity index (χ1) is 13.0. The van der Waals surface area contributed by atoms with Crippen molar-refractivity contribution in [3.63, 3.8) is 0 Å². The van der Waals surface area contributed by atoms with Gasteiger partial charge < -0.3 is 14.5 Å². The summed E-state index contributed by atoms with van der Waals surface area (Å²) in [6.07, 6.45) is 0. The van der Waals surface area contributed by atoms with Crippen molar-refractivity contribution in [1.29, 1.82) is 0 Å². The summed E-state index contributed by atoms with van der Waals surface area (Å²) in [4.78, 5) is 12.0. The summed E-state index contributed by atoms with van der Waals surface area (Å²) >= 11 is 7.05. The highest BCUT2D eigenvalue weighted by atomic mass is 35.5. The largest absolute Gasteiger partial charge is 0.484 e. The average Bonchev–Trinajstić information content (AvgIpc) is 3.09. The molecule has 2 aromatic carbocycles. The van der Waals surface area contributed by atoms with E-state index in [9.17, 15) is 4.79 Å². The van der Waals surface area contributed by atoms with E-state index in [1.165, 1.54) is 5.56 Å². The summed E-state index contributed by atoms with van der Waals surface area (Å²) in [6.45, 7) is 4.24. The van der Waals surface area contributed by atoms with Crippen LogP contribution in [-0.2, 0) is 11.4 Å². The standard InChI is InChI=1S/C19H18ClN3O3S/c1-12-6-7-16(8-13(12)2)25-10-18-22-23-19(26-18)27-11-17(24)21-15-5-3-4-14(20)9-15/h3-9H,10-11H2,1-2H3,(H,21,24). The van der Waals surface area contributed by atoms with E-state index in [4.69, 9.17) is 20.8 Å². The number of anilines is 1. The molecule has 140 valence electrons. The molecule has 0 unspecified atom stereocenters. The molecule has 0 fully saturated rings. The Balaban J connectivity index is 1.47. The summed E-state index contributed by atoms with van der Waals surface area (Å²) in [5, 5.41) is 11.5. The van der Waals surface area contributed by atoms with Gasteiger partial charge in [0.05, 0.1) is 5.75 Å². The van der Waals surface area contributed by atoms with Gasteiger partial charge in [-0.2, -0.15) is 0 Å². The molecule has 0 radical (unpaired) electrons. The van der Waals surface area contributed by atoms with Gasteiger partial charge in [0.1, 0.15) is 5.75 Å². The summed E-state index contributed by atoms with van der Waals surface area (Å²) in [6, 6.07) is 12.8. The number of benzene rings is 2. The lowest BCUT2D eigenvalue weighted by Gasteiger charge is -2.06. The van der Waals surface area contributed by atoms with Crippen LogP contribution in [0, 0.1) is 13.8 Å². The second-order valence-electron chi connectivity index (χ2n) is 5.84. The van der Waals surface area contributed by atoms with Crippen molar-refractivity contribution in [3.05, 3.63) is 64.5 Å². The highest BCUT2D eigenvalue weighted by molar-refractivity contribution is 7.99. The Kier molecular flexibility index (Phi) is 6.36. The first-order valence-corrected chi connectivity index (χ1v) is 9.56. The second-order valence-corrected chi connectivity index (χ2v) is 7.21.